The van der Waals surface area contributed by atoms with Gasteiger partial charge in [-0.1, -0.05) is 41.6 Å². The number of nitrogens with zero attached hydrogens (tertiary/aromatic N) is 3. The Labute approximate surface area is 162 Å². The highest BCUT2D eigenvalue weighted by Crippen LogP contribution is 2.23. The summed E-state index contributed by atoms with van der Waals surface area (Å²) in [4.78, 5) is 12.1. The first kappa shape index (κ1) is 20.4. The van der Waals surface area contributed by atoms with E-state index in [2.05, 4.69) is 55.2 Å². The van der Waals surface area contributed by atoms with Crippen LogP contribution in [0.1, 0.15) is 36.1 Å². The summed E-state index contributed by atoms with van der Waals surface area (Å²) in [7, 11) is 2.01. The Morgan fingerprint density at radius 2 is 1.85 bits per heavy atom. The third kappa shape index (κ3) is 6.41. The van der Waals surface area contributed by atoms with E-state index < -0.39 is 0 Å². The molecule has 0 N–H and O–H groups in total. The lowest BCUT2D eigenvalue weighted by molar-refractivity contribution is 0.175. The summed E-state index contributed by atoms with van der Waals surface area (Å²) in [6.07, 6.45) is 5.86. The Balaban J connectivity index is 2.01. The van der Waals surface area contributed by atoms with Crippen LogP contribution in [0.15, 0.2) is 58.7 Å². The van der Waals surface area contributed by atoms with Gasteiger partial charge in [-0.2, -0.15) is 0 Å². The van der Waals surface area contributed by atoms with Crippen LogP contribution in [0, 0.1) is 13.8 Å². The van der Waals surface area contributed by atoms with Gasteiger partial charge >= 0.3 is 0 Å². The van der Waals surface area contributed by atoms with E-state index in [9.17, 15) is 0 Å². The molecule has 2 rings (SSSR count). The minimum atomic E-state index is 0.440. The normalized spacial score (nSPS) is 12.1. The van der Waals surface area contributed by atoms with Crippen LogP contribution in [0.2, 0.25) is 0 Å². The third-order valence-corrected chi connectivity index (χ3v) is 4.31. The lowest BCUT2D eigenvalue weighted by Gasteiger charge is -2.11. The SMILES string of the molecule is CCN(C)C=Nc1cc(C)c(/C(C)=N/OC/C=C/c2ccccc2)cc1C. The van der Waals surface area contributed by atoms with Gasteiger partial charge in [0.05, 0.1) is 17.7 Å². The fraction of sp³-hybridized carbons (Fsp3) is 0.304. The van der Waals surface area contributed by atoms with Gasteiger partial charge in [0.25, 0.3) is 0 Å². The van der Waals surface area contributed by atoms with Crippen LogP contribution in [0.3, 0.4) is 0 Å². The van der Waals surface area contributed by atoms with E-state index in [4.69, 9.17) is 4.84 Å². The minimum Gasteiger partial charge on any atom is -0.391 e. The molecule has 0 spiro atoms. The second kappa shape index (κ2) is 10.3. The van der Waals surface area contributed by atoms with Crippen molar-refractivity contribution in [3.63, 3.8) is 0 Å². The van der Waals surface area contributed by atoms with Crippen LogP contribution in [0.5, 0.6) is 0 Å². The van der Waals surface area contributed by atoms with E-state index in [-0.39, 0.29) is 0 Å². The Bertz CT molecular complexity index is 823. The van der Waals surface area contributed by atoms with Gasteiger partial charge in [0.2, 0.25) is 0 Å². The molecule has 0 aliphatic heterocycles. The molecule has 0 atom stereocenters. The zero-order chi connectivity index (χ0) is 19.6. The molecule has 0 aliphatic rings. The minimum absolute atomic E-state index is 0.440. The first-order valence-electron chi connectivity index (χ1n) is 9.25. The van der Waals surface area contributed by atoms with Gasteiger partial charge in [-0.15, -0.1) is 0 Å². The molecule has 0 fully saturated rings. The van der Waals surface area contributed by atoms with Crippen molar-refractivity contribution >= 4 is 23.8 Å². The fourth-order valence-corrected chi connectivity index (χ4v) is 2.55. The van der Waals surface area contributed by atoms with E-state index in [1.807, 2.05) is 55.6 Å². The predicted octanol–water partition coefficient (Wildman–Crippen LogP) is 5.37. The zero-order valence-corrected chi connectivity index (χ0v) is 16.9. The molecule has 27 heavy (non-hydrogen) atoms. The van der Waals surface area contributed by atoms with Gasteiger partial charge in [0.1, 0.15) is 6.61 Å². The van der Waals surface area contributed by atoms with Gasteiger partial charge in [0.15, 0.2) is 0 Å². The number of hydrogen-bond donors (Lipinski definition) is 0. The first-order chi connectivity index (χ1) is 13.0. The highest BCUT2D eigenvalue weighted by molar-refractivity contribution is 6.00. The third-order valence-electron chi connectivity index (χ3n) is 4.31. The molecule has 0 heterocycles. The quantitative estimate of drug-likeness (QED) is 0.274. The van der Waals surface area contributed by atoms with Crippen LogP contribution < -0.4 is 0 Å². The van der Waals surface area contributed by atoms with Gasteiger partial charge < -0.3 is 9.74 Å². The maximum Gasteiger partial charge on any atom is 0.135 e. The summed E-state index contributed by atoms with van der Waals surface area (Å²) in [5, 5.41) is 4.26. The highest BCUT2D eigenvalue weighted by atomic mass is 16.6. The zero-order valence-electron chi connectivity index (χ0n) is 16.9. The van der Waals surface area contributed by atoms with Gasteiger partial charge in [-0.25, -0.2) is 4.99 Å². The second-order valence-corrected chi connectivity index (χ2v) is 6.56. The largest absolute Gasteiger partial charge is 0.391 e. The summed E-state index contributed by atoms with van der Waals surface area (Å²) in [5.74, 6) is 0. The van der Waals surface area contributed by atoms with Crippen molar-refractivity contribution in [3.8, 4) is 0 Å². The summed E-state index contributed by atoms with van der Waals surface area (Å²) in [5.41, 5.74) is 6.34. The second-order valence-electron chi connectivity index (χ2n) is 6.56. The lowest BCUT2D eigenvalue weighted by atomic mass is 10.0. The maximum absolute atomic E-state index is 5.46. The summed E-state index contributed by atoms with van der Waals surface area (Å²) in [6.45, 7) is 9.58. The van der Waals surface area contributed by atoms with Crippen LogP contribution in [-0.4, -0.2) is 37.1 Å². The molecule has 4 heteroatoms. The topological polar surface area (TPSA) is 37.2 Å². The van der Waals surface area contributed by atoms with Crippen LogP contribution in [0.25, 0.3) is 6.08 Å². The van der Waals surface area contributed by atoms with Gasteiger partial charge in [-0.05, 0) is 62.6 Å². The first-order valence-corrected chi connectivity index (χ1v) is 9.25. The number of oxime groups is 1. The van der Waals surface area contributed by atoms with E-state index in [1.165, 1.54) is 0 Å². The molecule has 0 saturated carbocycles. The average Bonchev–Trinajstić information content (AvgIpc) is 2.68. The standard InChI is InChI=1S/C23H29N3O/c1-6-26(5)17-24-23-16-18(2)22(15-19(23)3)20(4)25-27-14-10-13-21-11-8-7-9-12-21/h7-13,15-17H,6,14H2,1-5H3/b13-10+,24-17?,25-20+. The summed E-state index contributed by atoms with van der Waals surface area (Å²) in [6, 6.07) is 14.4. The number of benzene rings is 2. The van der Waals surface area contributed by atoms with Crippen molar-refractivity contribution in [2.75, 3.05) is 20.2 Å². The fourth-order valence-electron chi connectivity index (χ4n) is 2.55. The molecular weight excluding hydrogens is 334 g/mol. The molecule has 0 amide bonds. The number of rotatable bonds is 8. The van der Waals surface area contributed by atoms with Crippen molar-refractivity contribution < 1.29 is 4.84 Å². The summed E-state index contributed by atoms with van der Waals surface area (Å²) >= 11 is 0. The molecule has 2 aromatic carbocycles. The van der Waals surface area contributed by atoms with Crippen molar-refractivity contribution in [1.82, 2.24) is 4.90 Å². The Hall–Kier alpha value is -2.88. The molecule has 142 valence electrons. The van der Waals surface area contributed by atoms with Crippen molar-refractivity contribution in [2.24, 2.45) is 10.1 Å². The molecule has 0 radical (unpaired) electrons. The maximum atomic E-state index is 5.46. The molecule has 4 nitrogen and oxygen atoms in total. The van der Waals surface area contributed by atoms with Gasteiger partial charge in [0, 0.05) is 19.2 Å². The molecule has 0 aliphatic carbocycles. The van der Waals surface area contributed by atoms with Crippen LogP contribution >= 0.6 is 0 Å². The van der Waals surface area contributed by atoms with Crippen molar-refractivity contribution in [2.45, 2.75) is 27.7 Å². The van der Waals surface area contributed by atoms with E-state index in [0.29, 0.717) is 6.61 Å². The van der Waals surface area contributed by atoms with Crippen LogP contribution in [0.4, 0.5) is 5.69 Å². The molecule has 2 aromatic rings. The lowest BCUT2D eigenvalue weighted by Crippen LogP contribution is -2.14. The molecule has 0 aromatic heterocycles. The average molecular weight is 364 g/mol. The van der Waals surface area contributed by atoms with Gasteiger partial charge in [-0.3, -0.25) is 0 Å². The Morgan fingerprint density at radius 1 is 1.11 bits per heavy atom. The number of hydrogen-bond acceptors (Lipinski definition) is 3. The predicted molar refractivity (Wildman–Crippen MR) is 116 cm³/mol. The molecule has 0 bridgehead atoms. The molecule has 0 unspecified atom stereocenters. The Kier molecular flexibility index (Phi) is 7.80. The molecular formula is C23H29N3O. The van der Waals surface area contributed by atoms with Crippen molar-refractivity contribution in [1.29, 1.82) is 0 Å². The van der Waals surface area contributed by atoms with E-state index in [0.717, 1.165) is 40.2 Å². The molecule has 0 saturated heterocycles. The van der Waals surface area contributed by atoms with E-state index in [1.54, 1.807) is 0 Å². The summed E-state index contributed by atoms with van der Waals surface area (Å²) < 4.78 is 0. The van der Waals surface area contributed by atoms with E-state index >= 15 is 0 Å². The van der Waals surface area contributed by atoms with Crippen molar-refractivity contribution in [3.05, 3.63) is 70.8 Å². The number of aryl methyl sites for hydroxylation is 2. The van der Waals surface area contributed by atoms with Crippen LogP contribution in [-0.2, 0) is 4.84 Å². The monoisotopic (exact) mass is 363 g/mol. The number of aliphatic imine (C=N–C) groups is 1. The Morgan fingerprint density at radius 3 is 2.56 bits per heavy atom. The smallest absolute Gasteiger partial charge is 0.135 e. The highest BCUT2D eigenvalue weighted by Gasteiger charge is 2.07.